The van der Waals surface area contributed by atoms with Crippen LogP contribution in [0.2, 0.25) is 0 Å². The van der Waals surface area contributed by atoms with E-state index < -0.39 is 0 Å². The van der Waals surface area contributed by atoms with Crippen LogP contribution in [0.5, 0.6) is 0 Å². The molecule has 0 unspecified atom stereocenters. The van der Waals surface area contributed by atoms with Gasteiger partial charge in [-0.15, -0.1) is 0 Å². The number of carbonyl (C=O) groups excluding carboxylic acids is 1. The fraction of sp³-hybridized carbons (Fsp3) is 0.364. The Balaban J connectivity index is 3.09. The lowest BCUT2D eigenvalue weighted by Crippen LogP contribution is -2.09. The zero-order valence-corrected chi connectivity index (χ0v) is 10.0. The highest BCUT2D eigenvalue weighted by Gasteiger charge is 2.09. The van der Waals surface area contributed by atoms with Crippen molar-refractivity contribution in [1.82, 2.24) is 0 Å². The van der Waals surface area contributed by atoms with E-state index in [4.69, 9.17) is 5.73 Å². The van der Waals surface area contributed by atoms with E-state index in [2.05, 4.69) is 15.9 Å². The highest BCUT2D eigenvalue weighted by Crippen LogP contribution is 2.21. The Hall–Kier alpha value is -0.670. The molecule has 0 saturated heterocycles. The molecular weight excluding hydrogens is 242 g/mol. The second-order valence-electron chi connectivity index (χ2n) is 3.38. The van der Waals surface area contributed by atoms with Crippen LogP contribution < -0.4 is 5.73 Å². The summed E-state index contributed by atoms with van der Waals surface area (Å²) in [7, 11) is 0. The van der Waals surface area contributed by atoms with E-state index in [1.165, 1.54) is 0 Å². The maximum atomic E-state index is 11.6. The van der Waals surface area contributed by atoms with Gasteiger partial charge in [0.25, 0.3) is 0 Å². The van der Waals surface area contributed by atoms with Crippen molar-refractivity contribution in [3.8, 4) is 0 Å². The Morgan fingerprint density at radius 3 is 2.57 bits per heavy atom. The number of aryl methyl sites for hydroxylation is 2. The smallest absolute Gasteiger partial charge is 0.164 e. The van der Waals surface area contributed by atoms with Gasteiger partial charge >= 0.3 is 0 Å². The number of ketones is 1. The van der Waals surface area contributed by atoms with E-state index in [1.54, 1.807) is 0 Å². The number of hydrogen-bond donors (Lipinski definition) is 1. The van der Waals surface area contributed by atoms with Gasteiger partial charge in [0.15, 0.2) is 5.78 Å². The number of halogens is 1. The number of hydrogen-bond acceptors (Lipinski definition) is 2. The third-order valence-electron chi connectivity index (χ3n) is 2.18. The summed E-state index contributed by atoms with van der Waals surface area (Å²) in [5.41, 5.74) is 8.22. The van der Waals surface area contributed by atoms with E-state index in [0.29, 0.717) is 13.0 Å². The number of Topliss-reactive ketones (excluding diaryl/α,β-unsaturated/α-hetero) is 1. The van der Waals surface area contributed by atoms with Crippen molar-refractivity contribution >= 4 is 21.7 Å². The Kier molecular flexibility index (Phi) is 3.84. The summed E-state index contributed by atoms with van der Waals surface area (Å²) in [5.74, 6) is 0.126. The second kappa shape index (κ2) is 4.71. The highest BCUT2D eigenvalue weighted by atomic mass is 79.9. The molecule has 0 aliphatic heterocycles. The lowest BCUT2D eigenvalue weighted by atomic mass is 10.0. The van der Waals surface area contributed by atoms with Crippen LogP contribution in [-0.2, 0) is 0 Å². The van der Waals surface area contributed by atoms with Gasteiger partial charge in [0.05, 0.1) is 0 Å². The third kappa shape index (κ3) is 2.42. The Bertz CT molecular complexity index is 361. The zero-order chi connectivity index (χ0) is 10.7. The van der Waals surface area contributed by atoms with Crippen molar-refractivity contribution in [1.29, 1.82) is 0 Å². The molecule has 3 heteroatoms. The van der Waals surface area contributed by atoms with Gasteiger partial charge < -0.3 is 5.73 Å². The predicted octanol–water partition coefficient (Wildman–Crippen LogP) is 2.60. The van der Waals surface area contributed by atoms with Crippen molar-refractivity contribution < 1.29 is 4.79 Å². The number of nitrogens with two attached hydrogens (primary N) is 1. The zero-order valence-electron chi connectivity index (χ0n) is 8.43. The maximum absolute atomic E-state index is 11.6. The number of benzene rings is 1. The van der Waals surface area contributed by atoms with E-state index in [1.807, 2.05) is 26.0 Å². The summed E-state index contributed by atoms with van der Waals surface area (Å²) in [6.07, 6.45) is 0.419. The molecule has 2 N–H and O–H groups in total. The fourth-order valence-electron chi connectivity index (χ4n) is 1.35. The summed E-state index contributed by atoms with van der Waals surface area (Å²) < 4.78 is 1.04. The first-order valence-electron chi connectivity index (χ1n) is 4.56. The van der Waals surface area contributed by atoms with Crippen LogP contribution in [0, 0.1) is 13.8 Å². The molecule has 14 heavy (non-hydrogen) atoms. The van der Waals surface area contributed by atoms with Crippen LogP contribution in [0.1, 0.15) is 27.9 Å². The van der Waals surface area contributed by atoms with Gasteiger partial charge in [-0.05, 0) is 43.7 Å². The molecular formula is C11H14BrNO. The molecule has 0 aromatic heterocycles. The average molecular weight is 256 g/mol. The molecule has 0 heterocycles. The molecule has 0 aliphatic rings. The maximum Gasteiger partial charge on any atom is 0.164 e. The molecule has 0 amide bonds. The van der Waals surface area contributed by atoms with Crippen LogP contribution in [0.25, 0.3) is 0 Å². The van der Waals surface area contributed by atoms with Gasteiger partial charge in [-0.3, -0.25) is 4.79 Å². The van der Waals surface area contributed by atoms with E-state index >= 15 is 0 Å². The van der Waals surface area contributed by atoms with Crippen molar-refractivity contribution in [2.24, 2.45) is 5.73 Å². The first-order valence-corrected chi connectivity index (χ1v) is 5.35. The Morgan fingerprint density at radius 2 is 2.00 bits per heavy atom. The molecule has 0 atom stereocenters. The molecule has 1 aromatic carbocycles. The fourth-order valence-corrected chi connectivity index (χ4v) is 1.80. The van der Waals surface area contributed by atoms with Crippen LogP contribution >= 0.6 is 15.9 Å². The predicted molar refractivity (Wildman–Crippen MR) is 61.6 cm³/mol. The standard InChI is InChI=1S/C11H14BrNO/c1-7-6-10(12)8(2)5-9(7)11(14)3-4-13/h5-6H,3-4,13H2,1-2H3. The minimum Gasteiger partial charge on any atom is -0.330 e. The van der Waals surface area contributed by atoms with Crippen molar-refractivity contribution in [2.45, 2.75) is 20.3 Å². The van der Waals surface area contributed by atoms with Gasteiger partial charge in [0.1, 0.15) is 0 Å². The summed E-state index contributed by atoms with van der Waals surface area (Å²) in [6, 6.07) is 3.89. The SMILES string of the molecule is Cc1cc(C(=O)CCN)c(C)cc1Br. The van der Waals surface area contributed by atoms with Gasteiger partial charge in [0.2, 0.25) is 0 Å². The normalized spacial score (nSPS) is 10.3. The Labute approximate surface area is 92.6 Å². The van der Waals surface area contributed by atoms with Crippen LogP contribution in [0.4, 0.5) is 0 Å². The summed E-state index contributed by atoms with van der Waals surface area (Å²) in [4.78, 5) is 11.6. The molecule has 0 bridgehead atoms. The van der Waals surface area contributed by atoms with Crippen molar-refractivity contribution in [3.63, 3.8) is 0 Å². The monoisotopic (exact) mass is 255 g/mol. The summed E-state index contributed by atoms with van der Waals surface area (Å²) in [5, 5.41) is 0. The molecule has 1 aromatic rings. The molecule has 0 fully saturated rings. The first kappa shape index (κ1) is 11.4. The molecule has 0 saturated carbocycles. The molecule has 0 aliphatic carbocycles. The largest absolute Gasteiger partial charge is 0.330 e. The summed E-state index contributed by atoms with van der Waals surface area (Å²) >= 11 is 3.43. The first-order chi connectivity index (χ1) is 6.56. The molecule has 2 nitrogen and oxygen atoms in total. The average Bonchev–Trinajstić information content (AvgIpc) is 2.11. The minimum atomic E-state index is 0.126. The minimum absolute atomic E-state index is 0.126. The van der Waals surface area contributed by atoms with Gasteiger partial charge in [-0.1, -0.05) is 15.9 Å². The topological polar surface area (TPSA) is 43.1 Å². The Morgan fingerprint density at radius 1 is 1.36 bits per heavy atom. The van der Waals surface area contributed by atoms with E-state index in [9.17, 15) is 4.79 Å². The van der Waals surface area contributed by atoms with Gasteiger partial charge in [-0.2, -0.15) is 0 Å². The molecule has 76 valence electrons. The van der Waals surface area contributed by atoms with Crippen LogP contribution in [0.15, 0.2) is 16.6 Å². The van der Waals surface area contributed by atoms with E-state index in [-0.39, 0.29) is 5.78 Å². The number of rotatable bonds is 3. The molecule has 1 rings (SSSR count). The molecule has 0 radical (unpaired) electrons. The van der Waals surface area contributed by atoms with Crippen molar-refractivity contribution in [3.05, 3.63) is 33.3 Å². The third-order valence-corrected chi connectivity index (χ3v) is 3.03. The van der Waals surface area contributed by atoms with Gasteiger partial charge in [-0.25, -0.2) is 0 Å². The van der Waals surface area contributed by atoms with Crippen LogP contribution in [-0.4, -0.2) is 12.3 Å². The van der Waals surface area contributed by atoms with E-state index in [0.717, 1.165) is 21.2 Å². The second-order valence-corrected chi connectivity index (χ2v) is 4.23. The lowest BCUT2D eigenvalue weighted by molar-refractivity contribution is 0.0985. The molecule has 0 spiro atoms. The summed E-state index contributed by atoms with van der Waals surface area (Å²) in [6.45, 7) is 4.32. The van der Waals surface area contributed by atoms with Gasteiger partial charge in [0, 0.05) is 16.5 Å². The lowest BCUT2D eigenvalue weighted by Gasteiger charge is -2.07. The number of carbonyl (C=O) groups is 1. The highest BCUT2D eigenvalue weighted by molar-refractivity contribution is 9.10. The quantitative estimate of drug-likeness (QED) is 0.844. The van der Waals surface area contributed by atoms with Crippen molar-refractivity contribution in [2.75, 3.05) is 6.54 Å². The van der Waals surface area contributed by atoms with Crippen LogP contribution in [0.3, 0.4) is 0 Å².